The fraction of sp³-hybridized carbons (Fsp3) is 0.294. The van der Waals surface area contributed by atoms with Gasteiger partial charge in [0.25, 0.3) is 0 Å². The lowest BCUT2D eigenvalue weighted by molar-refractivity contribution is 0.411. The van der Waals surface area contributed by atoms with Crippen LogP contribution in [-0.4, -0.2) is 7.11 Å². The molecule has 0 aromatic heterocycles. The van der Waals surface area contributed by atoms with Gasteiger partial charge in [0, 0.05) is 21.9 Å². The summed E-state index contributed by atoms with van der Waals surface area (Å²) in [6.45, 7) is 4.42. The molecule has 0 unspecified atom stereocenters. The van der Waals surface area contributed by atoms with Crippen molar-refractivity contribution < 1.29 is 4.74 Å². The van der Waals surface area contributed by atoms with E-state index < -0.39 is 0 Å². The number of hydrogen-bond acceptors (Lipinski definition) is 3. The first-order valence-corrected chi connectivity index (χ1v) is 7.74. The largest absolute Gasteiger partial charge is 0.496 e. The first kappa shape index (κ1) is 14.8. The standard InChI is InChI=1S/C17H21NOS/c1-12(2)13-4-7-16(8-5-13)20-11-14-10-15(18)6-9-17(14)19-3/h4-10,12H,11,18H2,1-3H3. The maximum absolute atomic E-state index is 5.84. The predicted molar refractivity (Wildman–Crippen MR) is 87.5 cm³/mol. The molecule has 0 fully saturated rings. The molecule has 0 saturated heterocycles. The van der Waals surface area contributed by atoms with Crippen LogP contribution in [-0.2, 0) is 5.75 Å². The Balaban J connectivity index is 2.06. The van der Waals surface area contributed by atoms with E-state index >= 15 is 0 Å². The summed E-state index contributed by atoms with van der Waals surface area (Å²) in [5, 5.41) is 0. The number of methoxy groups -OCH3 is 1. The zero-order valence-electron chi connectivity index (χ0n) is 12.2. The Labute approximate surface area is 125 Å². The van der Waals surface area contributed by atoms with Crippen molar-refractivity contribution >= 4 is 17.4 Å². The number of rotatable bonds is 5. The third kappa shape index (κ3) is 3.70. The highest BCUT2D eigenvalue weighted by atomic mass is 32.2. The highest BCUT2D eigenvalue weighted by Gasteiger charge is 2.05. The van der Waals surface area contributed by atoms with Gasteiger partial charge in [0.05, 0.1) is 7.11 Å². The molecular formula is C17H21NOS. The molecule has 3 heteroatoms. The molecule has 0 radical (unpaired) electrons. The molecule has 0 amide bonds. The lowest BCUT2D eigenvalue weighted by Gasteiger charge is -2.10. The Morgan fingerprint density at radius 3 is 2.40 bits per heavy atom. The van der Waals surface area contributed by atoms with Crippen molar-refractivity contribution in [3.63, 3.8) is 0 Å². The van der Waals surface area contributed by atoms with E-state index in [9.17, 15) is 0 Å². The van der Waals surface area contributed by atoms with E-state index in [1.807, 2.05) is 18.2 Å². The summed E-state index contributed by atoms with van der Waals surface area (Å²) in [4.78, 5) is 1.26. The van der Waals surface area contributed by atoms with Crippen LogP contribution in [0.5, 0.6) is 5.75 Å². The smallest absolute Gasteiger partial charge is 0.123 e. The predicted octanol–water partition coefficient (Wildman–Crippen LogP) is 4.69. The van der Waals surface area contributed by atoms with Crippen LogP contribution in [0.25, 0.3) is 0 Å². The van der Waals surface area contributed by atoms with Crippen molar-refractivity contribution in [3.05, 3.63) is 53.6 Å². The first-order valence-electron chi connectivity index (χ1n) is 6.75. The Morgan fingerprint density at radius 2 is 1.80 bits per heavy atom. The fourth-order valence-electron chi connectivity index (χ4n) is 2.02. The maximum atomic E-state index is 5.84. The van der Waals surface area contributed by atoms with Gasteiger partial charge in [0.2, 0.25) is 0 Å². The van der Waals surface area contributed by atoms with Gasteiger partial charge in [-0.3, -0.25) is 0 Å². The number of anilines is 1. The minimum absolute atomic E-state index is 0.572. The van der Waals surface area contributed by atoms with Gasteiger partial charge in [-0.1, -0.05) is 26.0 Å². The SMILES string of the molecule is COc1ccc(N)cc1CSc1ccc(C(C)C)cc1. The van der Waals surface area contributed by atoms with Crippen LogP contribution < -0.4 is 10.5 Å². The molecule has 2 nitrogen and oxygen atoms in total. The Bertz CT molecular complexity index is 564. The summed E-state index contributed by atoms with van der Waals surface area (Å²) >= 11 is 1.80. The zero-order valence-corrected chi connectivity index (χ0v) is 13.0. The molecule has 0 spiro atoms. The monoisotopic (exact) mass is 287 g/mol. The van der Waals surface area contributed by atoms with Gasteiger partial charge < -0.3 is 10.5 Å². The summed E-state index contributed by atoms with van der Waals surface area (Å²) in [6.07, 6.45) is 0. The van der Waals surface area contributed by atoms with Crippen molar-refractivity contribution in [2.24, 2.45) is 0 Å². The third-order valence-corrected chi connectivity index (χ3v) is 4.31. The minimum Gasteiger partial charge on any atom is -0.496 e. The van der Waals surface area contributed by atoms with Gasteiger partial charge in [-0.25, -0.2) is 0 Å². The van der Waals surface area contributed by atoms with Gasteiger partial charge in [0.1, 0.15) is 5.75 Å². The van der Waals surface area contributed by atoms with Crippen LogP contribution in [0, 0.1) is 0 Å². The normalized spacial score (nSPS) is 10.8. The number of thioether (sulfide) groups is 1. The van der Waals surface area contributed by atoms with Crippen LogP contribution in [0.3, 0.4) is 0 Å². The number of hydrogen-bond donors (Lipinski definition) is 1. The van der Waals surface area contributed by atoms with Gasteiger partial charge in [-0.2, -0.15) is 0 Å². The minimum atomic E-state index is 0.572. The van der Waals surface area contributed by atoms with Crippen LogP contribution in [0.1, 0.15) is 30.9 Å². The molecule has 2 N–H and O–H groups in total. The van der Waals surface area contributed by atoms with E-state index in [0.717, 1.165) is 22.8 Å². The second-order valence-electron chi connectivity index (χ2n) is 5.08. The highest BCUT2D eigenvalue weighted by molar-refractivity contribution is 7.98. The second-order valence-corrected chi connectivity index (χ2v) is 6.13. The lowest BCUT2D eigenvalue weighted by Crippen LogP contribution is -1.93. The molecule has 20 heavy (non-hydrogen) atoms. The van der Waals surface area contributed by atoms with Gasteiger partial charge in [-0.15, -0.1) is 11.8 Å². The quantitative estimate of drug-likeness (QED) is 0.640. The van der Waals surface area contributed by atoms with Gasteiger partial charge in [0.15, 0.2) is 0 Å². The molecule has 0 saturated carbocycles. The number of nitrogens with two attached hydrogens (primary N) is 1. The molecule has 0 bridgehead atoms. The fourth-order valence-corrected chi connectivity index (χ4v) is 2.90. The molecule has 0 aliphatic rings. The van der Waals surface area contributed by atoms with E-state index in [1.54, 1.807) is 18.9 Å². The summed E-state index contributed by atoms with van der Waals surface area (Å²) in [5.41, 5.74) is 9.12. The van der Waals surface area contributed by atoms with Crippen LogP contribution in [0.2, 0.25) is 0 Å². The van der Waals surface area contributed by atoms with Gasteiger partial charge in [-0.05, 0) is 41.8 Å². The van der Waals surface area contributed by atoms with Crippen molar-refractivity contribution in [1.82, 2.24) is 0 Å². The molecular weight excluding hydrogens is 266 g/mol. The van der Waals surface area contributed by atoms with Crippen molar-refractivity contribution in [2.45, 2.75) is 30.4 Å². The summed E-state index contributed by atoms with van der Waals surface area (Å²) in [6, 6.07) is 14.5. The van der Waals surface area contributed by atoms with Crippen molar-refractivity contribution in [2.75, 3.05) is 12.8 Å². The topological polar surface area (TPSA) is 35.2 Å². The van der Waals surface area contributed by atoms with Crippen LogP contribution in [0.4, 0.5) is 5.69 Å². The molecule has 2 aromatic rings. The van der Waals surface area contributed by atoms with E-state index in [-0.39, 0.29) is 0 Å². The van der Waals surface area contributed by atoms with Crippen LogP contribution >= 0.6 is 11.8 Å². The van der Waals surface area contributed by atoms with E-state index in [2.05, 4.69) is 38.1 Å². The lowest BCUT2D eigenvalue weighted by atomic mass is 10.0. The molecule has 106 valence electrons. The Hall–Kier alpha value is -1.61. The summed E-state index contributed by atoms with van der Waals surface area (Å²) < 4.78 is 5.37. The summed E-state index contributed by atoms with van der Waals surface area (Å²) in [5.74, 6) is 2.32. The molecule has 0 aliphatic heterocycles. The molecule has 0 atom stereocenters. The molecule has 0 heterocycles. The molecule has 0 aliphatic carbocycles. The number of nitrogen functional groups attached to an aromatic ring is 1. The Morgan fingerprint density at radius 1 is 1.10 bits per heavy atom. The third-order valence-electron chi connectivity index (χ3n) is 3.25. The average Bonchev–Trinajstić information content (AvgIpc) is 2.45. The number of benzene rings is 2. The van der Waals surface area contributed by atoms with Gasteiger partial charge >= 0.3 is 0 Å². The molecule has 2 rings (SSSR count). The van der Waals surface area contributed by atoms with E-state index in [0.29, 0.717) is 5.92 Å². The maximum Gasteiger partial charge on any atom is 0.123 e. The zero-order chi connectivity index (χ0) is 14.5. The van der Waals surface area contributed by atoms with Crippen molar-refractivity contribution in [3.8, 4) is 5.75 Å². The summed E-state index contributed by atoms with van der Waals surface area (Å²) in [7, 11) is 1.69. The highest BCUT2D eigenvalue weighted by Crippen LogP contribution is 2.30. The average molecular weight is 287 g/mol. The first-order chi connectivity index (χ1) is 9.60. The van der Waals surface area contributed by atoms with Crippen LogP contribution in [0.15, 0.2) is 47.4 Å². The van der Waals surface area contributed by atoms with E-state index in [1.165, 1.54) is 10.5 Å². The van der Waals surface area contributed by atoms with E-state index in [4.69, 9.17) is 10.5 Å². The second kappa shape index (κ2) is 6.71. The van der Waals surface area contributed by atoms with Crippen molar-refractivity contribution in [1.29, 1.82) is 0 Å². The molecule has 2 aromatic carbocycles. The number of ether oxygens (including phenoxy) is 1. The Kier molecular flexibility index (Phi) is 4.96.